The lowest BCUT2D eigenvalue weighted by molar-refractivity contribution is 0.352. The molecule has 0 fully saturated rings. The summed E-state index contributed by atoms with van der Waals surface area (Å²) in [6.45, 7) is 15.9. The summed E-state index contributed by atoms with van der Waals surface area (Å²) in [4.78, 5) is 0. The van der Waals surface area contributed by atoms with Gasteiger partial charge in [-0.3, -0.25) is 0 Å². The average Bonchev–Trinajstić information content (AvgIpc) is 2.31. The van der Waals surface area contributed by atoms with Gasteiger partial charge in [-0.15, -0.1) is 0 Å². The van der Waals surface area contributed by atoms with E-state index in [1.165, 1.54) is 17.5 Å². The van der Waals surface area contributed by atoms with E-state index in [2.05, 4.69) is 65.1 Å². The van der Waals surface area contributed by atoms with Gasteiger partial charge in [-0.05, 0) is 67.8 Å². The number of nitrogens with one attached hydrogen (secondary N) is 1. The van der Waals surface area contributed by atoms with Gasteiger partial charge in [0.1, 0.15) is 0 Å². The molecule has 0 aliphatic carbocycles. The Kier molecular flexibility index (Phi) is 6.57. The molecule has 0 amide bonds. The average molecular weight is 261 g/mol. The Morgan fingerprint density at radius 2 is 1.53 bits per heavy atom. The number of rotatable bonds is 7. The van der Waals surface area contributed by atoms with Crippen molar-refractivity contribution in [1.82, 2.24) is 5.32 Å². The van der Waals surface area contributed by atoms with Gasteiger partial charge in [-0.2, -0.15) is 0 Å². The second-order valence-corrected chi connectivity index (χ2v) is 6.63. The Balaban J connectivity index is 2.68. The minimum Gasteiger partial charge on any atom is -0.316 e. The lowest BCUT2D eigenvalue weighted by atomic mass is 9.86. The molecule has 1 atom stereocenters. The summed E-state index contributed by atoms with van der Waals surface area (Å²) >= 11 is 0. The van der Waals surface area contributed by atoms with E-state index in [0.717, 1.165) is 30.8 Å². The molecule has 0 saturated heterocycles. The molecule has 0 aliphatic heterocycles. The van der Waals surface area contributed by atoms with Gasteiger partial charge in [0.2, 0.25) is 0 Å². The highest BCUT2D eigenvalue weighted by molar-refractivity contribution is 5.33. The highest BCUT2D eigenvalue weighted by Gasteiger charge is 2.16. The fourth-order valence-electron chi connectivity index (χ4n) is 2.53. The van der Waals surface area contributed by atoms with Crippen LogP contribution < -0.4 is 5.32 Å². The van der Waals surface area contributed by atoms with Crippen LogP contribution in [0.4, 0.5) is 0 Å². The summed E-state index contributed by atoms with van der Waals surface area (Å²) in [7, 11) is 0. The molecule has 1 unspecified atom stereocenters. The van der Waals surface area contributed by atoms with Crippen molar-refractivity contribution in [3.63, 3.8) is 0 Å². The Bertz CT molecular complexity index is 359. The van der Waals surface area contributed by atoms with Crippen molar-refractivity contribution in [1.29, 1.82) is 0 Å². The van der Waals surface area contributed by atoms with Crippen LogP contribution in [-0.2, 0) is 6.42 Å². The molecule has 1 aromatic carbocycles. The summed E-state index contributed by atoms with van der Waals surface area (Å²) in [6, 6.07) is 6.64. The summed E-state index contributed by atoms with van der Waals surface area (Å²) in [5, 5.41) is 3.63. The zero-order valence-electron chi connectivity index (χ0n) is 13.6. The molecule has 0 bridgehead atoms. The van der Waals surface area contributed by atoms with Gasteiger partial charge in [0.05, 0.1) is 0 Å². The lowest BCUT2D eigenvalue weighted by Crippen LogP contribution is -2.30. The zero-order chi connectivity index (χ0) is 14.4. The maximum Gasteiger partial charge on any atom is -0.00148 e. The van der Waals surface area contributed by atoms with Gasteiger partial charge in [0.15, 0.2) is 0 Å². The monoisotopic (exact) mass is 261 g/mol. The molecule has 1 aromatic rings. The first-order valence-electron chi connectivity index (χ1n) is 7.67. The van der Waals surface area contributed by atoms with Crippen LogP contribution in [0.1, 0.15) is 44.4 Å². The van der Waals surface area contributed by atoms with Crippen molar-refractivity contribution in [2.24, 2.45) is 17.8 Å². The Morgan fingerprint density at radius 3 is 2.00 bits per heavy atom. The van der Waals surface area contributed by atoms with E-state index in [1.54, 1.807) is 5.56 Å². The van der Waals surface area contributed by atoms with Crippen LogP contribution in [0.5, 0.6) is 0 Å². The SMILES string of the molecule is Cc1cccc(C)c1CC(CNCC(C)C)C(C)C. The third-order valence-corrected chi connectivity index (χ3v) is 4.01. The molecule has 0 aromatic heterocycles. The summed E-state index contributed by atoms with van der Waals surface area (Å²) < 4.78 is 0. The van der Waals surface area contributed by atoms with Crippen LogP contribution in [0.3, 0.4) is 0 Å². The molecule has 1 nitrogen and oxygen atoms in total. The van der Waals surface area contributed by atoms with Gasteiger partial charge in [0.25, 0.3) is 0 Å². The van der Waals surface area contributed by atoms with Gasteiger partial charge < -0.3 is 5.32 Å². The van der Waals surface area contributed by atoms with Gasteiger partial charge >= 0.3 is 0 Å². The van der Waals surface area contributed by atoms with Crippen molar-refractivity contribution in [2.45, 2.75) is 48.0 Å². The predicted molar refractivity (Wildman–Crippen MR) is 85.7 cm³/mol. The van der Waals surface area contributed by atoms with E-state index in [0.29, 0.717) is 0 Å². The molecule has 19 heavy (non-hydrogen) atoms. The minimum absolute atomic E-state index is 0.721. The second kappa shape index (κ2) is 7.69. The molecule has 0 aliphatic rings. The van der Waals surface area contributed by atoms with E-state index >= 15 is 0 Å². The maximum absolute atomic E-state index is 3.63. The van der Waals surface area contributed by atoms with Crippen molar-refractivity contribution >= 4 is 0 Å². The molecule has 0 saturated carbocycles. The van der Waals surface area contributed by atoms with Crippen LogP contribution >= 0.6 is 0 Å². The first-order chi connectivity index (χ1) is 8.91. The van der Waals surface area contributed by atoms with E-state index < -0.39 is 0 Å². The molecule has 0 spiro atoms. The number of aryl methyl sites for hydroxylation is 2. The first-order valence-corrected chi connectivity index (χ1v) is 7.67. The summed E-state index contributed by atoms with van der Waals surface area (Å²) in [5.74, 6) is 2.17. The molecule has 1 N–H and O–H groups in total. The highest BCUT2D eigenvalue weighted by atomic mass is 14.9. The predicted octanol–water partition coefficient (Wildman–Crippen LogP) is 4.36. The lowest BCUT2D eigenvalue weighted by Gasteiger charge is -2.24. The van der Waals surface area contributed by atoms with Crippen LogP contribution in [0.25, 0.3) is 0 Å². The Hall–Kier alpha value is -0.820. The molecular weight excluding hydrogens is 230 g/mol. The van der Waals surface area contributed by atoms with Crippen molar-refractivity contribution in [3.8, 4) is 0 Å². The van der Waals surface area contributed by atoms with Gasteiger partial charge in [-0.25, -0.2) is 0 Å². The van der Waals surface area contributed by atoms with Crippen LogP contribution in [0.15, 0.2) is 18.2 Å². The Labute approximate surface area is 119 Å². The Morgan fingerprint density at radius 1 is 0.947 bits per heavy atom. The smallest absolute Gasteiger partial charge is 0.00148 e. The van der Waals surface area contributed by atoms with Gasteiger partial charge in [0, 0.05) is 0 Å². The largest absolute Gasteiger partial charge is 0.316 e. The standard InChI is InChI=1S/C18H31N/c1-13(2)11-19-12-17(14(3)4)10-18-15(5)8-7-9-16(18)6/h7-9,13-14,17,19H,10-12H2,1-6H3. The zero-order valence-corrected chi connectivity index (χ0v) is 13.6. The fraction of sp³-hybridized carbons (Fsp3) is 0.667. The van der Waals surface area contributed by atoms with Crippen molar-refractivity contribution in [3.05, 3.63) is 34.9 Å². The van der Waals surface area contributed by atoms with Crippen LogP contribution in [0.2, 0.25) is 0 Å². The highest BCUT2D eigenvalue weighted by Crippen LogP contribution is 2.22. The van der Waals surface area contributed by atoms with E-state index in [4.69, 9.17) is 0 Å². The van der Waals surface area contributed by atoms with E-state index in [9.17, 15) is 0 Å². The topological polar surface area (TPSA) is 12.0 Å². The van der Waals surface area contributed by atoms with Crippen molar-refractivity contribution < 1.29 is 0 Å². The van der Waals surface area contributed by atoms with Crippen molar-refractivity contribution in [2.75, 3.05) is 13.1 Å². The maximum atomic E-state index is 3.63. The molecule has 0 radical (unpaired) electrons. The van der Waals surface area contributed by atoms with Gasteiger partial charge in [-0.1, -0.05) is 45.9 Å². The van der Waals surface area contributed by atoms with E-state index in [1.807, 2.05) is 0 Å². The second-order valence-electron chi connectivity index (χ2n) is 6.63. The number of hydrogen-bond donors (Lipinski definition) is 1. The number of benzene rings is 1. The molecule has 0 heterocycles. The molecule has 1 rings (SSSR count). The van der Waals surface area contributed by atoms with Crippen LogP contribution in [0, 0.1) is 31.6 Å². The van der Waals surface area contributed by atoms with E-state index in [-0.39, 0.29) is 0 Å². The molecule has 1 heteroatoms. The molecular formula is C18H31N. The first kappa shape index (κ1) is 16.2. The molecule has 108 valence electrons. The normalized spacial score (nSPS) is 13.3. The summed E-state index contributed by atoms with van der Waals surface area (Å²) in [6.07, 6.45) is 1.20. The number of hydrogen-bond acceptors (Lipinski definition) is 1. The fourth-order valence-corrected chi connectivity index (χ4v) is 2.53. The quantitative estimate of drug-likeness (QED) is 0.769. The minimum atomic E-state index is 0.721. The van der Waals surface area contributed by atoms with Crippen LogP contribution in [-0.4, -0.2) is 13.1 Å². The third-order valence-electron chi connectivity index (χ3n) is 4.01. The summed E-state index contributed by atoms with van der Waals surface area (Å²) in [5.41, 5.74) is 4.43. The third kappa shape index (κ3) is 5.36.